The van der Waals surface area contributed by atoms with Gasteiger partial charge < -0.3 is 4.90 Å². The van der Waals surface area contributed by atoms with E-state index in [-0.39, 0.29) is 0 Å². The fourth-order valence-corrected chi connectivity index (χ4v) is 2.77. The Bertz CT molecular complexity index is 209. The summed E-state index contributed by atoms with van der Waals surface area (Å²) in [5.74, 6) is 2.92. The van der Waals surface area contributed by atoms with Gasteiger partial charge in [0.15, 0.2) is 0 Å². The number of hydrogen-bond donors (Lipinski definition) is 0. The van der Waals surface area contributed by atoms with Crippen molar-refractivity contribution in [3.63, 3.8) is 0 Å². The molecule has 0 aromatic rings. The predicted molar refractivity (Wildman–Crippen MR) is 74.1 cm³/mol. The summed E-state index contributed by atoms with van der Waals surface area (Å²) in [5, 5.41) is 0. The van der Waals surface area contributed by atoms with Gasteiger partial charge in [-0.2, -0.15) is 0 Å². The van der Waals surface area contributed by atoms with E-state index < -0.39 is 0 Å². The zero-order valence-corrected chi connectivity index (χ0v) is 12.2. The second-order valence-electron chi connectivity index (χ2n) is 4.67. The lowest BCUT2D eigenvalue weighted by Gasteiger charge is -2.42. The molecule has 0 saturated carbocycles. The lowest BCUT2D eigenvalue weighted by Crippen LogP contribution is -2.47. The van der Waals surface area contributed by atoms with Gasteiger partial charge in [-0.1, -0.05) is 34.6 Å². The van der Waals surface area contributed by atoms with E-state index in [9.17, 15) is 0 Å². The average Bonchev–Trinajstić information content (AvgIpc) is 2.31. The van der Waals surface area contributed by atoms with Crippen LogP contribution >= 0.6 is 0 Å². The SMILES string of the molecule is CC.CCC1C(C(C)C)CCC(=NC)N1C. The molecule has 0 amide bonds. The van der Waals surface area contributed by atoms with Gasteiger partial charge in [-0.3, -0.25) is 4.99 Å². The summed E-state index contributed by atoms with van der Waals surface area (Å²) in [6, 6.07) is 0.697. The fourth-order valence-electron chi connectivity index (χ4n) is 2.77. The van der Waals surface area contributed by atoms with E-state index in [1.165, 1.54) is 18.7 Å². The summed E-state index contributed by atoms with van der Waals surface area (Å²) in [6.07, 6.45) is 3.71. The molecule has 2 unspecified atom stereocenters. The topological polar surface area (TPSA) is 15.6 Å². The number of hydrogen-bond acceptors (Lipinski definition) is 1. The van der Waals surface area contributed by atoms with Crippen LogP contribution in [0.15, 0.2) is 4.99 Å². The van der Waals surface area contributed by atoms with Crippen molar-refractivity contribution in [2.24, 2.45) is 16.8 Å². The van der Waals surface area contributed by atoms with E-state index in [1.807, 2.05) is 20.9 Å². The van der Waals surface area contributed by atoms with Crippen LogP contribution in [0.1, 0.15) is 53.9 Å². The van der Waals surface area contributed by atoms with Crippen LogP contribution in [-0.2, 0) is 0 Å². The maximum absolute atomic E-state index is 4.36. The van der Waals surface area contributed by atoms with Gasteiger partial charge >= 0.3 is 0 Å². The summed E-state index contributed by atoms with van der Waals surface area (Å²) < 4.78 is 0. The molecular weight excluding hydrogens is 196 g/mol. The van der Waals surface area contributed by atoms with Gasteiger partial charge in [0, 0.05) is 26.6 Å². The minimum atomic E-state index is 0.697. The second-order valence-corrected chi connectivity index (χ2v) is 4.67. The van der Waals surface area contributed by atoms with Crippen molar-refractivity contribution >= 4 is 5.84 Å². The molecule has 0 aromatic carbocycles. The van der Waals surface area contributed by atoms with Crippen molar-refractivity contribution in [2.45, 2.75) is 59.9 Å². The Kier molecular flexibility index (Phi) is 7.44. The van der Waals surface area contributed by atoms with Crippen LogP contribution in [-0.4, -0.2) is 30.9 Å². The quantitative estimate of drug-likeness (QED) is 0.699. The third-order valence-corrected chi connectivity index (χ3v) is 3.63. The first kappa shape index (κ1) is 15.5. The molecule has 16 heavy (non-hydrogen) atoms. The maximum atomic E-state index is 4.36. The van der Waals surface area contributed by atoms with Crippen LogP contribution in [0.2, 0.25) is 0 Å². The molecule has 0 N–H and O–H groups in total. The molecule has 2 atom stereocenters. The molecule has 1 aliphatic rings. The molecule has 1 aliphatic heterocycles. The van der Waals surface area contributed by atoms with E-state index in [0.29, 0.717) is 6.04 Å². The molecule has 0 spiro atoms. The number of nitrogens with zero attached hydrogens (tertiary/aromatic N) is 2. The van der Waals surface area contributed by atoms with E-state index in [0.717, 1.165) is 18.3 Å². The average molecular weight is 226 g/mol. The first-order valence-electron chi connectivity index (χ1n) is 6.80. The zero-order chi connectivity index (χ0) is 12.7. The van der Waals surface area contributed by atoms with Gasteiger partial charge in [-0.05, 0) is 24.7 Å². The molecular formula is C14H30N2. The predicted octanol–water partition coefficient (Wildman–Crippen LogP) is 3.82. The number of aliphatic imine (C=N–C) groups is 1. The summed E-state index contributed by atoms with van der Waals surface area (Å²) in [7, 11) is 4.11. The molecule has 1 fully saturated rings. The van der Waals surface area contributed by atoms with Crippen molar-refractivity contribution in [3.8, 4) is 0 Å². The van der Waals surface area contributed by atoms with Crippen molar-refractivity contribution in [2.75, 3.05) is 14.1 Å². The van der Waals surface area contributed by atoms with E-state index in [4.69, 9.17) is 0 Å². The molecule has 1 heterocycles. The normalized spacial score (nSPS) is 28.0. The van der Waals surface area contributed by atoms with Crippen LogP contribution in [0, 0.1) is 11.8 Å². The minimum absolute atomic E-state index is 0.697. The van der Waals surface area contributed by atoms with E-state index in [2.05, 4.69) is 37.7 Å². The Hall–Kier alpha value is -0.530. The van der Waals surface area contributed by atoms with Crippen LogP contribution < -0.4 is 0 Å². The number of likely N-dealkylation sites (tertiary alicyclic amines) is 1. The number of amidine groups is 1. The van der Waals surface area contributed by atoms with Crippen molar-refractivity contribution in [3.05, 3.63) is 0 Å². The Morgan fingerprint density at radius 2 is 1.94 bits per heavy atom. The summed E-state index contributed by atoms with van der Waals surface area (Å²) in [5.41, 5.74) is 0. The minimum Gasteiger partial charge on any atom is -0.360 e. The van der Waals surface area contributed by atoms with Crippen molar-refractivity contribution in [1.82, 2.24) is 4.90 Å². The molecule has 0 bridgehead atoms. The van der Waals surface area contributed by atoms with Gasteiger partial charge in [0.05, 0.1) is 5.84 Å². The van der Waals surface area contributed by atoms with Crippen molar-refractivity contribution < 1.29 is 0 Å². The molecule has 2 heteroatoms. The van der Waals surface area contributed by atoms with Gasteiger partial charge in [0.2, 0.25) is 0 Å². The first-order chi connectivity index (χ1) is 7.61. The van der Waals surface area contributed by atoms with Gasteiger partial charge in [-0.15, -0.1) is 0 Å². The molecule has 0 aliphatic carbocycles. The molecule has 0 radical (unpaired) electrons. The van der Waals surface area contributed by atoms with Crippen LogP contribution in [0.5, 0.6) is 0 Å². The molecule has 2 nitrogen and oxygen atoms in total. The molecule has 1 saturated heterocycles. The third kappa shape index (κ3) is 3.50. The Morgan fingerprint density at radius 1 is 1.38 bits per heavy atom. The lowest BCUT2D eigenvalue weighted by atomic mass is 9.80. The van der Waals surface area contributed by atoms with Gasteiger partial charge in [-0.25, -0.2) is 0 Å². The van der Waals surface area contributed by atoms with Gasteiger partial charge in [0.25, 0.3) is 0 Å². The van der Waals surface area contributed by atoms with Crippen molar-refractivity contribution in [1.29, 1.82) is 0 Å². The highest BCUT2D eigenvalue weighted by atomic mass is 15.2. The second kappa shape index (κ2) is 7.70. The molecule has 96 valence electrons. The smallest absolute Gasteiger partial charge is 0.0985 e. The molecule has 0 aromatic heterocycles. The van der Waals surface area contributed by atoms with E-state index in [1.54, 1.807) is 0 Å². The Labute approximate surface area is 102 Å². The Morgan fingerprint density at radius 3 is 2.31 bits per heavy atom. The van der Waals surface area contributed by atoms with Gasteiger partial charge in [0.1, 0.15) is 0 Å². The van der Waals surface area contributed by atoms with Crippen LogP contribution in [0.3, 0.4) is 0 Å². The molecule has 1 rings (SSSR count). The zero-order valence-electron chi connectivity index (χ0n) is 12.2. The van der Waals surface area contributed by atoms with E-state index >= 15 is 0 Å². The lowest BCUT2D eigenvalue weighted by molar-refractivity contribution is 0.165. The summed E-state index contributed by atoms with van der Waals surface area (Å²) in [6.45, 7) is 11.0. The highest BCUT2D eigenvalue weighted by Crippen LogP contribution is 2.31. The maximum Gasteiger partial charge on any atom is 0.0985 e. The monoisotopic (exact) mass is 226 g/mol. The highest BCUT2D eigenvalue weighted by Gasteiger charge is 2.32. The number of piperidine rings is 1. The van der Waals surface area contributed by atoms with Crippen LogP contribution in [0.4, 0.5) is 0 Å². The first-order valence-corrected chi connectivity index (χ1v) is 6.80. The third-order valence-electron chi connectivity index (χ3n) is 3.63. The Balaban J connectivity index is 0.00000106. The largest absolute Gasteiger partial charge is 0.360 e. The summed E-state index contributed by atoms with van der Waals surface area (Å²) in [4.78, 5) is 6.76. The van der Waals surface area contributed by atoms with Crippen LogP contribution in [0.25, 0.3) is 0 Å². The number of rotatable bonds is 2. The standard InChI is InChI=1S/C12H24N2.C2H6/c1-6-11-10(9(2)3)7-8-12(13-4)14(11)5;1-2/h9-11H,6-8H2,1-5H3;1-2H3. The fraction of sp³-hybridized carbons (Fsp3) is 0.929. The summed E-state index contributed by atoms with van der Waals surface area (Å²) >= 11 is 0. The highest BCUT2D eigenvalue weighted by molar-refractivity contribution is 5.83.